The SMILES string of the molecule is CCC(CNC(=O)c1ccc2[nH]c(=O)n(C)c2c1)(C(=O)O)c1ccccc1. The van der Waals surface area contributed by atoms with E-state index in [-0.39, 0.29) is 18.1 Å². The summed E-state index contributed by atoms with van der Waals surface area (Å²) in [4.78, 5) is 39.0. The minimum absolute atomic E-state index is 0.0359. The predicted molar refractivity (Wildman–Crippen MR) is 102 cm³/mol. The summed E-state index contributed by atoms with van der Waals surface area (Å²) in [5.41, 5.74) is 0.779. The van der Waals surface area contributed by atoms with Gasteiger partial charge in [-0.2, -0.15) is 0 Å². The molecule has 3 rings (SSSR count). The molecular formula is C20H21N3O4. The Morgan fingerprint density at radius 2 is 1.89 bits per heavy atom. The molecule has 0 aliphatic rings. The van der Waals surface area contributed by atoms with Crippen LogP contribution < -0.4 is 11.0 Å². The van der Waals surface area contributed by atoms with Crippen molar-refractivity contribution in [2.75, 3.05) is 6.54 Å². The number of hydrogen-bond acceptors (Lipinski definition) is 3. The second-order valence-corrected chi connectivity index (χ2v) is 6.51. The number of amides is 1. The van der Waals surface area contributed by atoms with Crippen molar-refractivity contribution in [3.05, 3.63) is 70.1 Å². The third-order valence-corrected chi connectivity index (χ3v) is 5.06. The molecule has 0 fully saturated rings. The van der Waals surface area contributed by atoms with Gasteiger partial charge in [0.25, 0.3) is 5.91 Å². The summed E-state index contributed by atoms with van der Waals surface area (Å²) in [6.07, 6.45) is 0.331. The molecule has 0 radical (unpaired) electrons. The summed E-state index contributed by atoms with van der Waals surface area (Å²) in [5, 5.41) is 12.6. The molecule has 0 saturated carbocycles. The topological polar surface area (TPSA) is 104 Å². The maximum absolute atomic E-state index is 12.6. The summed E-state index contributed by atoms with van der Waals surface area (Å²) in [7, 11) is 1.62. The monoisotopic (exact) mass is 367 g/mol. The van der Waals surface area contributed by atoms with Gasteiger partial charge in [-0.25, -0.2) is 4.79 Å². The molecule has 27 heavy (non-hydrogen) atoms. The number of imidazole rings is 1. The zero-order chi connectivity index (χ0) is 19.6. The van der Waals surface area contributed by atoms with E-state index in [2.05, 4.69) is 10.3 Å². The number of hydrogen-bond donors (Lipinski definition) is 3. The van der Waals surface area contributed by atoms with Crippen LogP contribution in [-0.2, 0) is 17.3 Å². The van der Waals surface area contributed by atoms with Gasteiger partial charge in [-0.15, -0.1) is 0 Å². The van der Waals surface area contributed by atoms with Gasteiger partial charge in [0.15, 0.2) is 0 Å². The smallest absolute Gasteiger partial charge is 0.326 e. The van der Waals surface area contributed by atoms with Gasteiger partial charge in [-0.3, -0.25) is 14.2 Å². The molecule has 0 aliphatic heterocycles. The van der Waals surface area contributed by atoms with Crippen LogP contribution in [0.1, 0.15) is 29.3 Å². The molecule has 1 unspecified atom stereocenters. The van der Waals surface area contributed by atoms with E-state index in [0.29, 0.717) is 28.6 Å². The highest BCUT2D eigenvalue weighted by Crippen LogP contribution is 2.28. The van der Waals surface area contributed by atoms with Gasteiger partial charge >= 0.3 is 11.7 Å². The molecule has 1 aromatic heterocycles. The molecule has 1 atom stereocenters. The number of carboxylic acid groups (broad SMARTS) is 1. The minimum Gasteiger partial charge on any atom is -0.481 e. The molecule has 1 amide bonds. The van der Waals surface area contributed by atoms with E-state index in [9.17, 15) is 19.5 Å². The van der Waals surface area contributed by atoms with E-state index in [0.717, 1.165) is 0 Å². The standard InChI is InChI=1S/C20H21N3O4/c1-3-20(18(25)26,14-7-5-4-6-8-14)12-21-17(24)13-9-10-15-16(11-13)23(2)19(27)22-15/h4-11H,3,12H2,1-2H3,(H,21,24)(H,22,27)(H,25,26). The van der Waals surface area contributed by atoms with Gasteiger partial charge in [0.2, 0.25) is 0 Å². The van der Waals surface area contributed by atoms with Crippen molar-refractivity contribution in [2.24, 2.45) is 7.05 Å². The Bertz CT molecular complexity index is 1050. The van der Waals surface area contributed by atoms with Crippen molar-refractivity contribution in [1.29, 1.82) is 0 Å². The second kappa shape index (κ2) is 7.11. The number of carboxylic acids is 1. The summed E-state index contributed by atoms with van der Waals surface area (Å²) >= 11 is 0. The molecule has 7 nitrogen and oxygen atoms in total. The number of aromatic nitrogens is 2. The molecule has 0 bridgehead atoms. The van der Waals surface area contributed by atoms with Crippen molar-refractivity contribution < 1.29 is 14.7 Å². The van der Waals surface area contributed by atoms with Gasteiger partial charge in [0.1, 0.15) is 5.41 Å². The number of fused-ring (bicyclic) bond motifs is 1. The first-order chi connectivity index (χ1) is 12.9. The van der Waals surface area contributed by atoms with E-state index in [1.807, 2.05) is 6.07 Å². The molecule has 0 spiro atoms. The van der Waals surface area contributed by atoms with Crippen LogP contribution in [0.4, 0.5) is 0 Å². The Hall–Kier alpha value is -3.35. The van der Waals surface area contributed by atoms with Crippen LogP contribution in [0.15, 0.2) is 53.3 Å². The summed E-state index contributed by atoms with van der Waals surface area (Å²) in [6, 6.07) is 13.8. The number of carbonyl (C=O) groups excluding carboxylic acids is 1. The average Bonchev–Trinajstić information content (AvgIpc) is 2.96. The Morgan fingerprint density at radius 3 is 2.52 bits per heavy atom. The first kappa shape index (κ1) is 18.4. The molecule has 1 heterocycles. The minimum atomic E-state index is -1.21. The van der Waals surface area contributed by atoms with Gasteiger partial charge in [0.05, 0.1) is 11.0 Å². The lowest BCUT2D eigenvalue weighted by molar-refractivity contribution is -0.143. The fourth-order valence-corrected chi connectivity index (χ4v) is 3.24. The van der Waals surface area contributed by atoms with Crippen LogP contribution in [0, 0.1) is 0 Å². The molecule has 3 N–H and O–H groups in total. The molecule has 3 aromatic rings. The Morgan fingerprint density at radius 1 is 1.19 bits per heavy atom. The second-order valence-electron chi connectivity index (χ2n) is 6.51. The number of nitrogens with zero attached hydrogens (tertiary/aromatic N) is 1. The van der Waals surface area contributed by atoms with Crippen molar-refractivity contribution in [3.8, 4) is 0 Å². The van der Waals surface area contributed by atoms with E-state index in [1.165, 1.54) is 4.57 Å². The van der Waals surface area contributed by atoms with Crippen molar-refractivity contribution in [2.45, 2.75) is 18.8 Å². The molecule has 7 heteroatoms. The average molecular weight is 367 g/mol. The van der Waals surface area contributed by atoms with Gasteiger partial charge < -0.3 is 15.4 Å². The lowest BCUT2D eigenvalue weighted by atomic mass is 9.78. The van der Waals surface area contributed by atoms with E-state index < -0.39 is 11.4 Å². The third kappa shape index (κ3) is 3.23. The Kier molecular flexibility index (Phi) is 4.85. The number of aliphatic carboxylic acids is 1. The number of nitrogens with one attached hydrogen (secondary N) is 2. The number of aryl methyl sites for hydroxylation is 1. The van der Waals surface area contributed by atoms with Gasteiger partial charge in [0, 0.05) is 19.2 Å². The fourth-order valence-electron chi connectivity index (χ4n) is 3.24. The van der Waals surface area contributed by atoms with Crippen LogP contribution in [0.3, 0.4) is 0 Å². The van der Waals surface area contributed by atoms with Crippen molar-refractivity contribution in [3.63, 3.8) is 0 Å². The highest BCUT2D eigenvalue weighted by atomic mass is 16.4. The van der Waals surface area contributed by atoms with Gasteiger partial charge in [-0.1, -0.05) is 37.3 Å². The van der Waals surface area contributed by atoms with Crippen LogP contribution in [0.2, 0.25) is 0 Å². The fraction of sp³-hybridized carbons (Fsp3) is 0.250. The van der Waals surface area contributed by atoms with E-state index >= 15 is 0 Å². The van der Waals surface area contributed by atoms with Crippen molar-refractivity contribution in [1.82, 2.24) is 14.9 Å². The molecule has 2 aromatic carbocycles. The van der Waals surface area contributed by atoms with Crippen LogP contribution >= 0.6 is 0 Å². The number of benzene rings is 2. The van der Waals surface area contributed by atoms with Crippen LogP contribution in [-0.4, -0.2) is 33.1 Å². The highest BCUT2D eigenvalue weighted by molar-refractivity contribution is 5.98. The number of rotatable bonds is 6. The summed E-state index contributed by atoms with van der Waals surface area (Å²) < 4.78 is 1.42. The van der Waals surface area contributed by atoms with Crippen LogP contribution in [0.25, 0.3) is 11.0 Å². The quantitative estimate of drug-likeness (QED) is 0.620. The summed E-state index contributed by atoms with van der Waals surface area (Å²) in [6.45, 7) is 1.75. The Balaban J connectivity index is 1.87. The normalized spacial score (nSPS) is 13.3. The number of H-pyrrole nitrogens is 1. The van der Waals surface area contributed by atoms with E-state index in [4.69, 9.17) is 0 Å². The molecular weight excluding hydrogens is 346 g/mol. The first-order valence-electron chi connectivity index (χ1n) is 8.65. The zero-order valence-corrected chi connectivity index (χ0v) is 15.2. The number of aromatic amines is 1. The number of carbonyl (C=O) groups is 2. The summed E-state index contributed by atoms with van der Waals surface area (Å²) in [5.74, 6) is -1.37. The highest BCUT2D eigenvalue weighted by Gasteiger charge is 2.39. The van der Waals surface area contributed by atoms with Crippen molar-refractivity contribution >= 4 is 22.9 Å². The third-order valence-electron chi connectivity index (χ3n) is 5.06. The van der Waals surface area contributed by atoms with E-state index in [1.54, 1.807) is 56.4 Å². The maximum atomic E-state index is 12.6. The molecule has 0 saturated heterocycles. The van der Waals surface area contributed by atoms with Gasteiger partial charge in [-0.05, 0) is 30.2 Å². The first-order valence-corrected chi connectivity index (χ1v) is 8.65. The largest absolute Gasteiger partial charge is 0.481 e. The zero-order valence-electron chi connectivity index (χ0n) is 15.2. The maximum Gasteiger partial charge on any atom is 0.326 e. The Labute approximate surface area is 155 Å². The lowest BCUT2D eigenvalue weighted by Crippen LogP contribution is -2.46. The predicted octanol–water partition coefficient (Wildman–Crippen LogP) is 2.03. The molecule has 0 aliphatic carbocycles. The van der Waals surface area contributed by atoms with Crippen LogP contribution in [0.5, 0.6) is 0 Å². The molecule has 140 valence electrons. The lowest BCUT2D eigenvalue weighted by Gasteiger charge is -2.29.